The number of nitrogens with zero attached hydrogens (tertiary/aromatic N) is 5. The number of nitrogens with one attached hydrogen (secondary N) is 1. The molecule has 14 heteroatoms. The van der Waals surface area contributed by atoms with Crippen LogP contribution >= 0.6 is 0 Å². The number of aromatic nitrogens is 4. The normalized spacial score (nSPS) is 21.0. The minimum atomic E-state index is -3.49. The number of aryl methyl sites for hydroxylation is 1. The maximum absolute atomic E-state index is 14.7. The summed E-state index contributed by atoms with van der Waals surface area (Å²) in [6.45, 7) is 1.05. The van der Waals surface area contributed by atoms with E-state index in [9.17, 15) is 27.2 Å². The SMILES string of the molecule is Cc1cccc2c1S(=O)(=O)CCC2NC(=O)C1CC(F)CN1C(=O)Cn1nc(C(N)=O)c2cc(-c3ccnnc3)ccc21. The second kappa shape index (κ2) is 10.8. The molecule has 4 heterocycles. The molecule has 3 amide bonds. The van der Waals surface area contributed by atoms with Crippen molar-refractivity contribution >= 4 is 38.5 Å². The summed E-state index contributed by atoms with van der Waals surface area (Å²) in [5.74, 6) is -2.05. The van der Waals surface area contributed by atoms with Crippen LogP contribution in [0.5, 0.6) is 0 Å². The third-order valence-electron chi connectivity index (χ3n) is 7.98. The molecule has 2 aliphatic rings. The summed E-state index contributed by atoms with van der Waals surface area (Å²) in [6, 6.07) is 10.3. The van der Waals surface area contributed by atoms with Gasteiger partial charge in [-0.2, -0.15) is 15.3 Å². The Balaban J connectivity index is 1.25. The predicted octanol–water partition coefficient (Wildman–Crippen LogP) is 1.87. The number of benzene rings is 2. The predicted molar refractivity (Wildman–Crippen MR) is 153 cm³/mol. The summed E-state index contributed by atoms with van der Waals surface area (Å²) in [4.78, 5) is 40.6. The summed E-state index contributed by atoms with van der Waals surface area (Å²) in [5, 5.41) is 15.2. The van der Waals surface area contributed by atoms with Gasteiger partial charge in [0, 0.05) is 17.4 Å². The molecule has 3 N–H and O–H groups in total. The Kier molecular flexibility index (Phi) is 7.16. The first-order valence-electron chi connectivity index (χ1n) is 13.7. The highest BCUT2D eigenvalue weighted by Gasteiger charge is 2.42. The van der Waals surface area contributed by atoms with E-state index in [-0.39, 0.29) is 42.3 Å². The minimum Gasteiger partial charge on any atom is -0.364 e. The van der Waals surface area contributed by atoms with E-state index in [4.69, 9.17) is 5.73 Å². The number of hydrogen-bond donors (Lipinski definition) is 2. The number of halogens is 1. The third-order valence-corrected chi connectivity index (χ3v) is 9.93. The molecule has 0 aliphatic carbocycles. The van der Waals surface area contributed by atoms with Gasteiger partial charge in [-0.15, -0.1) is 0 Å². The monoisotopic (exact) mass is 605 g/mol. The molecule has 1 saturated heterocycles. The second-order valence-corrected chi connectivity index (χ2v) is 12.8. The van der Waals surface area contributed by atoms with Gasteiger partial charge in [0.25, 0.3) is 5.91 Å². The van der Waals surface area contributed by atoms with E-state index in [0.29, 0.717) is 22.0 Å². The van der Waals surface area contributed by atoms with Gasteiger partial charge in [0.05, 0.1) is 41.1 Å². The lowest BCUT2D eigenvalue weighted by molar-refractivity contribution is -0.139. The second-order valence-electron chi connectivity index (χ2n) is 10.8. The van der Waals surface area contributed by atoms with Crippen molar-refractivity contribution in [1.82, 2.24) is 30.2 Å². The molecule has 2 aromatic heterocycles. The molecular weight excluding hydrogens is 577 g/mol. The van der Waals surface area contributed by atoms with Crippen LogP contribution in [0.1, 0.15) is 40.5 Å². The van der Waals surface area contributed by atoms with Gasteiger partial charge in [0.2, 0.25) is 11.8 Å². The topological polar surface area (TPSA) is 170 Å². The van der Waals surface area contributed by atoms with Crippen LogP contribution < -0.4 is 11.1 Å². The largest absolute Gasteiger partial charge is 0.364 e. The lowest BCUT2D eigenvalue weighted by atomic mass is 10.0. The molecule has 6 rings (SSSR count). The van der Waals surface area contributed by atoms with E-state index >= 15 is 0 Å². The molecule has 43 heavy (non-hydrogen) atoms. The van der Waals surface area contributed by atoms with Crippen molar-refractivity contribution in [3.05, 3.63) is 71.7 Å². The third kappa shape index (κ3) is 5.22. The molecule has 1 fully saturated rings. The van der Waals surface area contributed by atoms with E-state index in [1.807, 2.05) is 0 Å². The number of amides is 3. The molecule has 0 bridgehead atoms. The highest BCUT2D eigenvalue weighted by molar-refractivity contribution is 7.91. The van der Waals surface area contributed by atoms with Gasteiger partial charge >= 0.3 is 0 Å². The highest BCUT2D eigenvalue weighted by Crippen LogP contribution is 2.35. The summed E-state index contributed by atoms with van der Waals surface area (Å²) in [5.41, 5.74) is 8.57. The van der Waals surface area contributed by atoms with Crippen LogP contribution in [-0.4, -0.2) is 75.5 Å². The zero-order valence-electron chi connectivity index (χ0n) is 23.1. The first-order chi connectivity index (χ1) is 20.5. The van der Waals surface area contributed by atoms with Crippen LogP contribution in [0, 0.1) is 6.92 Å². The minimum absolute atomic E-state index is 0.0352. The van der Waals surface area contributed by atoms with Crippen LogP contribution in [0.3, 0.4) is 0 Å². The Morgan fingerprint density at radius 3 is 2.67 bits per heavy atom. The maximum Gasteiger partial charge on any atom is 0.269 e. The molecule has 2 aromatic carbocycles. The highest BCUT2D eigenvalue weighted by atomic mass is 32.2. The first kappa shape index (κ1) is 28.4. The number of hydrogen-bond acceptors (Lipinski definition) is 8. The van der Waals surface area contributed by atoms with Gasteiger partial charge in [-0.25, -0.2) is 12.8 Å². The van der Waals surface area contributed by atoms with Crippen LogP contribution in [0.15, 0.2) is 59.8 Å². The number of alkyl halides is 1. The van der Waals surface area contributed by atoms with E-state index in [1.165, 1.54) is 15.8 Å². The van der Waals surface area contributed by atoms with Crippen molar-refractivity contribution in [1.29, 1.82) is 0 Å². The van der Waals surface area contributed by atoms with Crippen LogP contribution in [0.25, 0.3) is 22.0 Å². The molecule has 222 valence electrons. The number of nitrogens with two attached hydrogens (primary N) is 1. The van der Waals surface area contributed by atoms with E-state index in [1.54, 1.807) is 55.6 Å². The van der Waals surface area contributed by atoms with E-state index < -0.39 is 45.8 Å². The summed E-state index contributed by atoms with van der Waals surface area (Å²) < 4.78 is 41.4. The standard InChI is InChI=1S/C29H28FN7O5S/c1-16-3-2-4-20-22(8-10-43(41,42)27(16)20)34-29(40)24-12-19(30)14-36(24)25(38)15-37-23-6-5-17(18-7-9-32-33-13-18)11-21(23)26(35-37)28(31)39/h2-7,9,11,13,19,22,24H,8,10,12,14-15H2,1H3,(H2,31,39)(H,34,40). The Morgan fingerprint density at radius 1 is 1.12 bits per heavy atom. The van der Waals surface area contributed by atoms with E-state index in [0.717, 1.165) is 11.1 Å². The number of carbonyl (C=O) groups is 3. The van der Waals surface area contributed by atoms with Gasteiger partial charge in [-0.1, -0.05) is 24.3 Å². The fourth-order valence-electron chi connectivity index (χ4n) is 5.97. The Labute approximate surface area is 246 Å². The van der Waals surface area contributed by atoms with Crippen molar-refractivity contribution in [2.24, 2.45) is 5.73 Å². The molecule has 4 aromatic rings. The van der Waals surface area contributed by atoms with E-state index in [2.05, 4.69) is 20.6 Å². The van der Waals surface area contributed by atoms with Gasteiger partial charge in [-0.3, -0.25) is 19.1 Å². The Bertz CT molecular complexity index is 1880. The van der Waals surface area contributed by atoms with Gasteiger partial charge in [0.1, 0.15) is 18.8 Å². The quantitative estimate of drug-likeness (QED) is 0.336. The molecule has 0 spiro atoms. The van der Waals surface area contributed by atoms with Crippen molar-refractivity contribution in [3.63, 3.8) is 0 Å². The fourth-order valence-corrected chi connectivity index (χ4v) is 7.85. The number of carbonyl (C=O) groups excluding carboxylic acids is 3. The lowest BCUT2D eigenvalue weighted by Gasteiger charge is -2.30. The number of rotatable bonds is 6. The molecule has 12 nitrogen and oxygen atoms in total. The summed E-state index contributed by atoms with van der Waals surface area (Å²) in [7, 11) is -3.49. The van der Waals surface area contributed by atoms with Crippen molar-refractivity contribution < 1.29 is 27.2 Å². The average Bonchev–Trinajstić information content (AvgIpc) is 3.55. The molecule has 0 radical (unpaired) electrons. The maximum atomic E-state index is 14.7. The van der Waals surface area contributed by atoms with Gasteiger partial charge in [0.15, 0.2) is 15.5 Å². The van der Waals surface area contributed by atoms with Gasteiger partial charge in [-0.05, 0) is 48.2 Å². The molecule has 0 saturated carbocycles. The zero-order chi connectivity index (χ0) is 30.5. The molecular formula is C29H28FN7O5S. The summed E-state index contributed by atoms with van der Waals surface area (Å²) in [6.07, 6.45) is 1.65. The van der Waals surface area contributed by atoms with Crippen molar-refractivity contribution in [2.45, 2.75) is 49.5 Å². The van der Waals surface area contributed by atoms with Gasteiger partial charge < -0.3 is 16.0 Å². The van der Waals surface area contributed by atoms with Crippen molar-refractivity contribution in [2.75, 3.05) is 12.3 Å². The average molecular weight is 606 g/mol. The van der Waals surface area contributed by atoms with Crippen LogP contribution in [0.4, 0.5) is 4.39 Å². The molecule has 2 aliphatic heterocycles. The number of primary amides is 1. The number of likely N-dealkylation sites (tertiary alicyclic amines) is 1. The smallest absolute Gasteiger partial charge is 0.269 e. The van der Waals surface area contributed by atoms with Crippen molar-refractivity contribution in [3.8, 4) is 11.1 Å². The molecule has 3 atom stereocenters. The first-order valence-corrected chi connectivity index (χ1v) is 15.3. The Hall–Kier alpha value is -4.72. The number of fused-ring (bicyclic) bond motifs is 2. The zero-order valence-corrected chi connectivity index (χ0v) is 23.9. The lowest BCUT2D eigenvalue weighted by Crippen LogP contribution is -2.48. The summed E-state index contributed by atoms with van der Waals surface area (Å²) >= 11 is 0. The molecule has 3 unspecified atom stereocenters. The fraction of sp³-hybridized carbons (Fsp3) is 0.310. The van der Waals surface area contributed by atoms with Crippen LogP contribution in [-0.2, 0) is 26.0 Å². The van der Waals surface area contributed by atoms with Crippen LogP contribution in [0.2, 0.25) is 0 Å². The Morgan fingerprint density at radius 2 is 1.93 bits per heavy atom. The number of sulfone groups is 1.